The first kappa shape index (κ1) is 38.5. The fourth-order valence-electron chi connectivity index (χ4n) is 6.82. The number of rotatable bonds is 5. The number of oxime groups is 2. The highest BCUT2D eigenvalue weighted by Crippen LogP contribution is 2.35. The van der Waals surface area contributed by atoms with E-state index in [0.29, 0.717) is 30.4 Å². The van der Waals surface area contributed by atoms with Crippen molar-refractivity contribution in [3.63, 3.8) is 0 Å². The summed E-state index contributed by atoms with van der Waals surface area (Å²) in [6, 6.07) is 8.33. The lowest BCUT2D eigenvalue weighted by molar-refractivity contribution is -0.132. The lowest BCUT2D eigenvalue weighted by Crippen LogP contribution is -2.54. The van der Waals surface area contributed by atoms with Crippen LogP contribution in [-0.4, -0.2) is 88.0 Å². The number of hydrogen-bond donors (Lipinski definition) is 1. The van der Waals surface area contributed by atoms with E-state index in [4.69, 9.17) is 23.9 Å². The van der Waals surface area contributed by atoms with Gasteiger partial charge in [-0.2, -0.15) is 0 Å². The molecule has 0 amide bonds. The molecule has 2 fully saturated rings. The van der Waals surface area contributed by atoms with Gasteiger partial charge in [0.25, 0.3) is 0 Å². The molecule has 1 aromatic heterocycles. The summed E-state index contributed by atoms with van der Waals surface area (Å²) < 4.78 is 99.9. The van der Waals surface area contributed by atoms with Crippen LogP contribution in [0, 0.1) is 41.8 Å². The molecule has 12 nitrogen and oxygen atoms in total. The summed E-state index contributed by atoms with van der Waals surface area (Å²) in [4.78, 5) is 18.1. The molecule has 4 aliphatic rings. The van der Waals surface area contributed by atoms with Crippen molar-refractivity contribution in [2.75, 3.05) is 33.4 Å². The maximum absolute atomic E-state index is 13.9. The Hall–Kier alpha value is -5.75. The standard InChI is InChI=1S/C25H23F3N4O3.C13H13F3N2O3/c1-14-10-31(13-29-14)20-5-4-16(6-22(20)33-3)7-23-25-30-34-12-21(32(25)11-15(2)35-23)17-8-18(26)24(28)19(27)9-17;1-6-4-18-10(5-20-17-12(18)13(19)21-6)7-2-8(14)11(16)9(15)3-7/h4-10,13,15,21H,11-12H2,1-3H3;2-3,6,10,13,19H,4-5H2,1H3/b23-7-;. The summed E-state index contributed by atoms with van der Waals surface area (Å²) in [5.74, 6) is -6.46. The van der Waals surface area contributed by atoms with Gasteiger partial charge in [0.1, 0.15) is 25.1 Å². The van der Waals surface area contributed by atoms with Gasteiger partial charge in [-0.15, -0.1) is 0 Å². The molecule has 5 heterocycles. The SMILES string of the molecule is CC1CN2C(=NOCC2c2cc(F)c(F)c(F)c2)C(O)O1.COc1cc(/C=C2\OC(C)CN3C2=NOCC3c2cc(F)c(F)c(F)c2)ccc1-n1cnc(C)c1. The predicted molar refractivity (Wildman–Crippen MR) is 188 cm³/mol. The van der Waals surface area contributed by atoms with E-state index in [9.17, 15) is 31.4 Å². The highest BCUT2D eigenvalue weighted by Gasteiger charge is 2.40. The molecule has 4 aromatic rings. The van der Waals surface area contributed by atoms with Gasteiger partial charge in [-0.25, -0.2) is 31.3 Å². The van der Waals surface area contributed by atoms with E-state index in [0.717, 1.165) is 41.2 Å². The molecule has 0 radical (unpaired) electrons. The average Bonchev–Trinajstić information content (AvgIpc) is 3.61. The number of imidazole rings is 1. The molecule has 0 bridgehead atoms. The van der Waals surface area contributed by atoms with Gasteiger partial charge in [0.15, 0.2) is 40.7 Å². The molecule has 3 aromatic carbocycles. The fourth-order valence-corrected chi connectivity index (χ4v) is 6.82. The number of aryl methyl sites for hydroxylation is 1. The lowest BCUT2D eigenvalue weighted by atomic mass is 10.0. The Morgan fingerprint density at radius 1 is 0.804 bits per heavy atom. The number of morpholine rings is 2. The van der Waals surface area contributed by atoms with Crippen molar-refractivity contribution in [3.8, 4) is 11.4 Å². The molecular formula is C38H36F6N6O6. The number of amidine groups is 2. The second-order valence-corrected chi connectivity index (χ2v) is 13.5. The maximum atomic E-state index is 13.9. The minimum Gasteiger partial charge on any atom is -0.495 e. The zero-order valence-corrected chi connectivity index (χ0v) is 30.4. The highest BCUT2D eigenvalue weighted by atomic mass is 19.2. The number of halogens is 6. The topological polar surface area (TPSA) is 115 Å². The van der Waals surface area contributed by atoms with Crippen LogP contribution in [0.3, 0.4) is 0 Å². The van der Waals surface area contributed by atoms with E-state index >= 15 is 0 Å². The summed E-state index contributed by atoms with van der Waals surface area (Å²) in [5, 5.41) is 17.7. The second kappa shape index (κ2) is 15.8. The van der Waals surface area contributed by atoms with Gasteiger partial charge in [-0.1, -0.05) is 16.4 Å². The van der Waals surface area contributed by atoms with Gasteiger partial charge < -0.3 is 43.4 Å². The third-order valence-corrected chi connectivity index (χ3v) is 9.40. The molecular weight excluding hydrogens is 750 g/mol. The number of hydrogen-bond acceptors (Lipinski definition) is 11. The monoisotopic (exact) mass is 786 g/mol. The molecule has 0 spiro atoms. The van der Waals surface area contributed by atoms with Gasteiger partial charge in [0.05, 0.1) is 49.6 Å². The summed E-state index contributed by atoms with van der Waals surface area (Å²) in [6.07, 6.45) is 3.59. The molecule has 296 valence electrons. The largest absolute Gasteiger partial charge is 0.495 e. The van der Waals surface area contributed by atoms with Crippen LogP contribution in [-0.2, 0) is 19.1 Å². The van der Waals surface area contributed by atoms with E-state index in [1.807, 2.05) is 47.7 Å². The Labute approximate surface area is 316 Å². The number of aromatic nitrogens is 2. The van der Waals surface area contributed by atoms with E-state index in [1.54, 1.807) is 31.3 Å². The van der Waals surface area contributed by atoms with E-state index < -0.39 is 53.3 Å². The molecule has 0 saturated carbocycles. The van der Waals surface area contributed by atoms with Gasteiger partial charge in [-0.3, -0.25) is 0 Å². The summed E-state index contributed by atoms with van der Waals surface area (Å²) >= 11 is 0. The van der Waals surface area contributed by atoms with Crippen molar-refractivity contribution in [2.24, 2.45) is 10.3 Å². The van der Waals surface area contributed by atoms with Crippen molar-refractivity contribution in [1.29, 1.82) is 0 Å². The van der Waals surface area contributed by atoms with E-state index in [-0.39, 0.29) is 42.4 Å². The Bertz CT molecular complexity index is 2170. The molecule has 18 heteroatoms. The first-order valence-electron chi connectivity index (χ1n) is 17.4. The summed E-state index contributed by atoms with van der Waals surface area (Å²) in [7, 11) is 1.59. The summed E-state index contributed by atoms with van der Waals surface area (Å²) in [5.41, 5.74) is 2.96. The van der Waals surface area contributed by atoms with Crippen molar-refractivity contribution >= 4 is 17.7 Å². The number of aliphatic hydroxyl groups is 1. The first-order chi connectivity index (χ1) is 26.8. The first-order valence-corrected chi connectivity index (χ1v) is 17.4. The van der Waals surface area contributed by atoms with Crippen molar-refractivity contribution < 1.29 is 55.3 Å². The molecule has 1 N–H and O–H groups in total. The smallest absolute Gasteiger partial charge is 0.218 e. The number of fused-ring (bicyclic) bond motifs is 2. The second-order valence-electron chi connectivity index (χ2n) is 13.5. The molecule has 56 heavy (non-hydrogen) atoms. The fraction of sp³-hybridized carbons (Fsp3) is 0.342. The molecule has 5 unspecified atom stereocenters. The minimum absolute atomic E-state index is 0.0352. The Kier molecular flexibility index (Phi) is 10.9. The lowest BCUT2D eigenvalue weighted by Gasteiger charge is -2.43. The number of ether oxygens (including phenoxy) is 3. The number of aliphatic hydroxyl groups excluding tert-OH is 1. The quantitative estimate of drug-likeness (QED) is 0.185. The zero-order valence-electron chi connectivity index (χ0n) is 30.4. The van der Waals surface area contributed by atoms with Crippen LogP contribution in [0.2, 0.25) is 0 Å². The van der Waals surface area contributed by atoms with Gasteiger partial charge in [-0.05, 0) is 79.9 Å². The Balaban J connectivity index is 0.000000195. The van der Waals surface area contributed by atoms with Crippen LogP contribution in [0.4, 0.5) is 26.3 Å². The third kappa shape index (κ3) is 7.70. The molecule has 5 atom stereocenters. The minimum atomic E-state index is -1.51. The van der Waals surface area contributed by atoms with Crippen LogP contribution in [0.25, 0.3) is 11.8 Å². The van der Waals surface area contributed by atoms with Crippen LogP contribution < -0.4 is 4.74 Å². The predicted octanol–water partition coefficient (Wildman–Crippen LogP) is 6.28. The molecule has 4 aliphatic heterocycles. The van der Waals surface area contributed by atoms with Crippen molar-refractivity contribution in [1.82, 2.24) is 19.4 Å². The zero-order chi connectivity index (χ0) is 39.8. The molecule has 2 saturated heterocycles. The Morgan fingerprint density at radius 2 is 1.39 bits per heavy atom. The third-order valence-electron chi connectivity index (χ3n) is 9.40. The summed E-state index contributed by atoms with van der Waals surface area (Å²) in [6.45, 7) is 6.41. The Morgan fingerprint density at radius 3 is 1.98 bits per heavy atom. The highest BCUT2D eigenvalue weighted by molar-refractivity contribution is 6.01. The van der Waals surface area contributed by atoms with Crippen molar-refractivity contribution in [3.05, 3.63) is 118 Å². The molecule has 0 aliphatic carbocycles. The van der Waals surface area contributed by atoms with Gasteiger partial charge in [0.2, 0.25) is 18.0 Å². The normalized spacial score (nSPS) is 23.7. The maximum Gasteiger partial charge on any atom is 0.218 e. The van der Waals surface area contributed by atoms with E-state index in [1.165, 1.54) is 0 Å². The van der Waals surface area contributed by atoms with Crippen LogP contribution in [0.1, 0.15) is 48.3 Å². The number of methoxy groups -OCH3 is 1. The van der Waals surface area contributed by atoms with Crippen molar-refractivity contribution in [2.45, 2.75) is 51.4 Å². The average molecular weight is 787 g/mol. The number of benzene rings is 3. The van der Waals surface area contributed by atoms with Crippen LogP contribution >= 0.6 is 0 Å². The van der Waals surface area contributed by atoms with Gasteiger partial charge >= 0.3 is 0 Å². The number of nitrogens with zero attached hydrogens (tertiary/aromatic N) is 6. The molecule has 8 rings (SSSR count). The van der Waals surface area contributed by atoms with E-state index in [2.05, 4.69) is 15.3 Å². The van der Waals surface area contributed by atoms with Crippen LogP contribution in [0.15, 0.2) is 71.1 Å². The van der Waals surface area contributed by atoms with Gasteiger partial charge in [0, 0.05) is 12.7 Å². The van der Waals surface area contributed by atoms with Crippen LogP contribution in [0.5, 0.6) is 5.75 Å².